The third-order valence-electron chi connectivity index (χ3n) is 4.84. The van der Waals surface area contributed by atoms with Crippen LogP contribution in [0.25, 0.3) is 0 Å². The molecule has 1 fully saturated rings. The molecule has 3 N–H and O–H groups in total. The number of ether oxygens (including phenoxy) is 2. The van der Waals surface area contributed by atoms with Crippen LogP contribution in [0.4, 0.5) is 14.9 Å². The first-order chi connectivity index (χ1) is 13.4. The standard InChI is InChI=1S/C18H25FN4O5S/c1-17(2,3)28-16(24)21-15-22-18(12-9-11(20)5-6-13(12)19)7-8-27-10-14(18)29(25,26)23(15)4/h5-6,9,14H,7-8,10,20H2,1-4H3,(H,21,22,24). The number of nitrogens with one attached hydrogen (secondary N) is 1. The number of rotatable bonds is 1. The summed E-state index contributed by atoms with van der Waals surface area (Å²) in [6.07, 6.45) is -0.767. The lowest BCUT2D eigenvalue weighted by Crippen LogP contribution is -2.62. The van der Waals surface area contributed by atoms with E-state index >= 15 is 0 Å². The average molecular weight is 428 g/mol. The summed E-state index contributed by atoms with van der Waals surface area (Å²) < 4.78 is 52.7. The number of sulfonamides is 1. The number of nitrogens with zero attached hydrogens (tertiary/aromatic N) is 2. The van der Waals surface area contributed by atoms with Crippen molar-refractivity contribution in [2.45, 2.75) is 43.6 Å². The molecule has 160 valence electrons. The molecular formula is C18H25FN4O5S. The maximum atomic E-state index is 14.8. The molecule has 29 heavy (non-hydrogen) atoms. The first-order valence-corrected chi connectivity index (χ1v) is 10.6. The van der Waals surface area contributed by atoms with E-state index in [1.54, 1.807) is 20.8 Å². The topological polar surface area (TPSA) is 123 Å². The number of nitrogens with two attached hydrogens (primary N) is 1. The van der Waals surface area contributed by atoms with E-state index in [1.165, 1.54) is 25.2 Å². The summed E-state index contributed by atoms with van der Waals surface area (Å²) in [6.45, 7) is 5.03. The third kappa shape index (κ3) is 3.88. The molecule has 1 amide bonds. The van der Waals surface area contributed by atoms with E-state index in [2.05, 4.69) is 10.3 Å². The van der Waals surface area contributed by atoms with E-state index in [0.717, 1.165) is 4.31 Å². The van der Waals surface area contributed by atoms with Crippen LogP contribution in [0, 0.1) is 5.82 Å². The second-order valence-electron chi connectivity index (χ2n) is 8.05. The van der Waals surface area contributed by atoms with Gasteiger partial charge < -0.3 is 15.2 Å². The molecule has 1 aromatic carbocycles. The molecule has 2 unspecified atom stereocenters. The maximum Gasteiger partial charge on any atom is 0.414 e. The Labute approximate surface area is 169 Å². The zero-order valence-electron chi connectivity index (χ0n) is 16.7. The minimum atomic E-state index is -4.04. The number of hydrogen-bond donors (Lipinski definition) is 2. The fourth-order valence-electron chi connectivity index (χ4n) is 3.49. The Morgan fingerprint density at radius 3 is 2.79 bits per heavy atom. The summed E-state index contributed by atoms with van der Waals surface area (Å²) in [6, 6.07) is 3.94. The van der Waals surface area contributed by atoms with Gasteiger partial charge in [0.25, 0.3) is 0 Å². The van der Waals surface area contributed by atoms with E-state index in [0.29, 0.717) is 0 Å². The van der Waals surface area contributed by atoms with Crippen LogP contribution in [-0.4, -0.2) is 55.9 Å². The zero-order valence-corrected chi connectivity index (χ0v) is 17.5. The van der Waals surface area contributed by atoms with Gasteiger partial charge in [0, 0.05) is 31.3 Å². The number of halogens is 1. The van der Waals surface area contributed by atoms with Crippen LogP contribution in [0.3, 0.4) is 0 Å². The molecule has 2 aliphatic rings. The molecule has 9 nitrogen and oxygen atoms in total. The molecule has 1 aromatic rings. The van der Waals surface area contributed by atoms with Gasteiger partial charge in [0.2, 0.25) is 16.0 Å². The lowest BCUT2D eigenvalue weighted by Gasteiger charge is -2.46. The van der Waals surface area contributed by atoms with E-state index in [1.807, 2.05) is 0 Å². The largest absolute Gasteiger partial charge is 0.444 e. The second kappa shape index (κ2) is 7.13. The van der Waals surface area contributed by atoms with Gasteiger partial charge in [0.15, 0.2) is 0 Å². The fraction of sp³-hybridized carbons (Fsp3) is 0.556. The SMILES string of the molecule is CN1C(NC(=O)OC(C)(C)C)=NC2(c3cc(N)ccc3F)CCOCC2S1(=O)=O. The van der Waals surface area contributed by atoms with Crippen molar-refractivity contribution in [3.8, 4) is 0 Å². The number of hydrogen-bond acceptors (Lipinski definition) is 7. The van der Waals surface area contributed by atoms with Crippen molar-refractivity contribution >= 4 is 27.8 Å². The Balaban J connectivity index is 2.15. The number of amides is 1. The van der Waals surface area contributed by atoms with Gasteiger partial charge in [-0.2, -0.15) is 0 Å². The Morgan fingerprint density at radius 1 is 1.45 bits per heavy atom. The molecule has 2 heterocycles. The van der Waals surface area contributed by atoms with E-state index in [4.69, 9.17) is 15.2 Å². The van der Waals surface area contributed by atoms with Crippen LogP contribution in [0.2, 0.25) is 0 Å². The normalized spacial score (nSPS) is 26.3. The summed E-state index contributed by atoms with van der Waals surface area (Å²) in [4.78, 5) is 16.8. The van der Waals surface area contributed by atoms with Gasteiger partial charge in [-0.3, -0.25) is 5.32 Å². The Morgan fingerprint density at radius 2 is 2.14 bits per heavy atom. The number of fused-ring (bicyclic) bond motifs is 1. The van der Waals surface area contributed by atoms with Crippen LogP contribution in [0.5, 0.6) is 0 Å². The highest BCUT2D eigenvalue weighted by atomic mass is 32.2. The molecule has 0 saturated carbocycles. The third-order valence-corrected chi connectivity index (χ3v) is 7.03. The second-order valence-corrected chi connectivity index (χ2v) is 10.2. The van der Waals surface area contributed by atoms with E-state index in [-0.39, 0.29) is 36.8 Å². The highest BCUT2D eigenvalue weighted by Gasteiger charge is 2.56. The monoisotopic (exact) mass is 428 g/mol. The molecule has 11 heteroatoms. The molecule has 3 rings (SSSR count). The van der Waals surface area contributed by atoms with Gasteiger partial charge in [-0.1, -0.05) is 0 Å². The van der Waals surface area contributed by atoms with Crippen LogP contribution in [-0.2, 0) is 25.0 Å². The van der Waals surface area contributed by atoms with Gasteiger partial charge in [0.05, 0.1) is 6.61 Å². The number of benzene rings is 1. The lowest BCUT2D eigenvalue weighted by molar-refractivity contribution is 0.0502. The number of carbonyl (C=O) groups is 1. The summed E-state index contributed by atoms with van der Waals surface area (Å²) in [7, 11) is -2.77. The van der Waals surface area contributed by atoms with Crippen molar-refractivity contribution in [2.24, 2.45) is 4.99 Å². The molecule has 0 radical (unpaired) electrons. The predicted molar refractivity (Wildman–Crippen MR) is 105 cm³/mol. The van der Waals surface area contributed by atoms with Crippen LogP contribution >= 0.6 is 0 Å². The van der Waals surface area contributed by atoms with Gasteiger partial charge in [-0.25, -0.2) is 26.9 Å². The Kier molecular flexibility index (Phi) is 5.24. The highest BCUT2D eigenvalue weighted by molar-refractivity contribution is 7.90. The molecule has 1 saturated heterocycles. The molecule has 0 aromatic heterocycles. The maximum absolute atomic E-state index is 14.8. The molecule has 0 bridgehead atoms. The molecule has 0 aliphatic carbocycles. The van der Waals surface area contributed by atoms with Crippen LogP contribution in [0.15, 0.2) is 23.2 Å². The van der Waals surface area contributed by atoms with Crippen molar-refractivity contribution in [3.63, 3.8) is 0 Å². The van der Waals surface area contributed by atoms with Gasteiger partial charge >= 0.3 is 6.09 Å². The van der Waals surface area contributed by atoms with Gasteiger partial charge in [-0.05, 0) is 39.0 Å². The van der Waals surface area contributed by atoms with Crippen molar-refractivity contribution < 1.29 is 27.1 Å². The van der Waals surface area contributed by atoms with Crippen molar-refractivity contribution in [1.82, 2.24) is 9.62 Å². The average Bonchev–Trinajstić information content (AvgIpc) is 2.60. The van der Waals surface area contributed by atoms with E-state index in [9.17, 15) is 17.6 Å². The zero-order chi connectivity index (χ0) is 21.6. The number of alkyl carbamates (subject to hydrolysis) is 1. The quantitative estimate of drug-likeness (QED) is 0.654. The minimum Gasteiger partial charge on any atom is -0.444 e. The van der Waals surface area contributed by atoms with Gasteiger partial charge in [-0.15, -0.1) is 0 Å². The van der Waals surface area contributed by atoms with Gasteiger partial charge in [0.1, 0.15) is 22.2 Å². The first kappa shape index (κ1) is 21.3. The predicted octanol–water partition coefficient (Wildman–Crippen LogP) is 1.55. The van der Waals surface area contributed by atoms with Crippen molar-refractivity contribution in [1.29, 1.82) is 0 Å². The summed E-state index contributed by atoms with van der Waals surface area (Å²) >= 11 is 0. The Hall–Kier alpha value is -2.40. The first-order valence-electron chi connectivity index (χ1n) is 9.08. The number of anilines is 1. The molecule has 2 aliphatic heterocycles. The molecular weight excluding hydrogens is 403 g/mol. The number of guanidine groups is 1. The Bertz CT molecular complexity index is 959. The number of nitrogen functional groups attached to an aromatic ring is 1. The number of carbonyl (C=O) groups excluding carboxylic acids is 1. The summed E-state index contributed by atoms with van der Waals surface area (Å²) in [5.74, 6) is -0.884. The number of aliphatic imine (C=N–C) groups is 1. The fourth-order valence-corrected chi connectivity index (χ4v) is 5.26. The van der Waals surface area contributed by atoms with Crippen molar-refractivity contribution in [2.75, 3.05) is 26.0 Å². The smallest absolute Gasteiger partial charge is 0.414 e. The molecule has 2 atom stereocenters. The van der Waals surface area contributed by atoms with Crippen molar-refractivity contribution in [3.05, 3.63) is 29.6 Å². The lowest BCUT2D eigenvalue weighted by atomic mass is 9.82. The summed E-state index contributed by atoms with van der Waals surface area (Å²) in [5.41, 5.74) is 3.87. The minimum absolute atomic E-state index is 0.0472. The highest BCUT2D eigenvalue weighted by Crippen LogP contribution is 2.44. The van der Waals surface area contributed by atoms with E-state index < -0.39 is 38.3 Å². The summed E-state index contributed by atoms with van der Waals surface area (Å²) in [5, 5.41) is 1.21. The van der Waals surface area contributed by atoms with Crippen LogP contribution in [0.1, 0.15) is 32.8 Å². The van der Waals surface area contributed by atoms with Crippen LogP contribution < -0.4 is 11.1 Å². The molecule has 0 spiro atoms.